The van der Waals surface area contributed by atoms with E-state index in [1.54, 1.807) is 0 Å². The van der Waals surface area contributed by atoms with Crippen molar-refractivity contribution in [3.05, 3.63) is 0 Å². The van der Waals surface area contributed by atoms with Gasteiger partial charge in [-0.2, -0.15) is 0 Å². The molecule has 0 saturated carbocycles. The van der Waals surface area contributed by atoms with Crippen LogP contribution in [0.2, 0.25) is 0 Å². The highest BCUT2D eigenvalue weighted by Crippen LogP contribution is 1.70. The van der Waals surface area contributed by atoms with Crippen molar-refractivity contribution in [3.63, 3.8) is 0 Å². The first-order chi connectivity index (χ1) is 4.52. The molecule has 0 spiro atoms. The minimum Gasteiger partial charge on any atom is -0.351 e. The van der Waals surface area contributed by atoms with Crippen molar-refractivity contribution in [2.24, 2.45) is 5.73 Å². The summed E-state index contributed by atoms with van der Waals surface area (Å²) in [5, 5.41) is 2.52. The quantitative estimate of drug-likeness (QED) is 0.318. The molecule has 0 aromatic rings. The van der Waals surface area contributed by atoms with Gasteiger partial charge in [-0.3, -0.25) is 5.32 Å². The summed E-state index contributed by atoms with van der Waals surface area (Å²) in [6, 6.07) is -2.46. The molecule has 0 unspecified atom stereocenters. The van der Waals surface area contributed by atoms with Crippen molar-refractivity contribution in [2.75, 3.05) is 0 Å². The molecule has 0 aromatic heterocycles. The van der Waals surface area contributed by atoms with Gasteiger partial charge in [0.05, 0.1) is 0 Å². The lowest BCUT2D eigenvalue weighted by atomic mass is 10.9. The average Bonchev–Trinajstić information content (AvgIpc) is 1.58. The zero-order chi connectivity index (χ0) is 8.15. The molecule has 7 heteroatoms. The zero-order valence-corrected chi connectivity index (χ0v) is 4.68. The Bertz CT molecular complexity index is 162. The van der Waals surface area contributed by atoms with Gasteiger partial charge in [0.2, 0.25) is 0 Å². The number of carbonyl (C=O) groups excluding carboxylic acids is 3. The molecule has 10 heavy (non-hydrogen) atoms. The molecular weight excluding hydrogens is 145 g/mol. The Labute approximate surface area is 54.6 Å². The third-order valence-electron chi connectivity index (χ3n) is 0.449. The van der Waals surface area contributed by atoms with Crippen molar-refractivity contribution in [3.8, 4) is 0 Å². The van der Waals surface area contributed by atoms with Crippen molar-refractivity contribution < 1.29 is 18.8 Å². The van der Waals surface area contributed by atoms with Crippen molar-refractivity contribution >= 4 is 18.2 Å². The van der Waals surface area contributed by atoms with Gasteiger partial charge in [-0.05, 0) is 0 Å². The fourth-order valence-corrected chi connectivity index (χ4v) is 0.232. The van der Waals surface area contributed by atoms with Gasteiger partial charge < -0.3 is 5.73 Å². The lowest BCUT2D eigenvalue weighted by molar-refractivity contribution is 0.213. The second-order valence-electron chi connectivity index (χ2n) is 1.22. The van der Waals surface area contributed by atoms with Crippen LogP contribution in [-0.4, -0.2) is 18.2 Å². The van der Waals surface area contributed by atoms with Gasteiger partial charge in [0.15, 0.2) is 0 Å². The molecule has 0 saturated heterocycles. The molecule has 56 valence electrons. The van der Waals surface area contributed by atoms with Crippen LogP contribution in [0.1, 0.15) is 0 Å². The second-order valence-corrected chi connectivity index (χ2v) is 1.22. The van der Waals surface area contributed by atoms with Crippen LogP contribution in [0.3, 0.4) is 0 Å². The molecular formula is C3H4FN3O3. The number of rotatable bonds is 0. The third-order valence-corrected chi connectivity index (χ3v) is 0.449. The molecule has 0 radical (unpaired) electrons. The lowest BCUT2D eigenvalue weighted by Gasteiger charge is -1.95. The van der Waals surface area contributed by atoms with Crippen LogP contribution in [0.25, 0.3) is 0 Å². The Morgan fingerprint density at radius 1 is 1.20 bits per heavy atom. The molecule has 5 amide bonds. The van der Waals surface area contributed by atoms with Crippen LogP contribution < -0.4 is 16.4 Å². The van der Waals surface area contributed by atoms with Crippen LogP contribution in [0.15, 0.2) is 0 Å². The highest BCUT2D eigenvalue weighted by atomic mass is 19.1. The van der Waals surface area contributed by atoms with Crippen LogP contribution in [0, 0.1) is 0 Å². The van der Waals surface area contributed by atoms with Crippen LogP contribution >= 0.6 is 0 Å². The third kappa shape index (κ3) is 4.50. The second kappa shape index (κ2) is 3.38. The predicted octanol–water partition coefficient (Wildman–Crippen LogP) is -0.546. The van der Waals surface area contributed by atoms with Crippen molar-refractivity contribution in [1.82, 2.24) is 10.6 Å². The first-order valence-electron chi connectivity index (χ1n) is 2.09. The number of imide groups is 2. The van der Waals surface area contributed by atoms with Crippen LogP contribution in [0.5, 0.6) is 0 Å². The normalized spacial score (nSPS) is 8.10. The molecule has 4 N–H and O–H groups in total. The van der Waals surface area contributed by atoms with E-state index >= 15 is 0 Å². The minimum atomic E-state index is -2.06. The monoisotopic (exact) mass is 149 g/mol. The van der Waals surface area contributed by atoms with Gasteiger partial charge in [-0.1, -0.05) is 0 Å². The summed E-state index contributed by atoms with van der Waals surface area (Å²) in [6.45, 7) is 0. The lowest BCUT2D eigenvalue weighted by Crippen LogP contribution is -2.43. The number of urea groups is 2. The van der Waals surface area contributed by atoms with Crippen LogP contribution in [0.4, 0.5) is 18.8 Å². The number of primary amides is 1. The summed E-state index contributed by atoms with van der Waals surface area (Å²) in [5.41, 5.74) is 4.42. The fourth-order valence-electron chi connectivity index (χ4n) is 0.232. The number of nitrogens with one attached hydrogen (secondary N) is 2. The van der Waals surface area contributed by atoms with E-state index in [1.807, 2.05) is 0 Å². The van der Waals surface area contributed by atoms with Crippen LogP contribution in [-0.2, 0) is 0 Å². The van der Waals surface area contributed by atoms with Gasteiger partial charge in [0.1, 0.15) is 0 Å². The van der Waals surface area contributed by atoms with Gasteiger partial charge in [-0.15, -0.1) is 4.39 Å². The van der Waals surface area contributed by atoms with Crippen molar-refractivity contribution in [2.45, 2.75) is 0 Å². The maximum atomic E-state index is 11.2. The van der Waals surface area contributed by atoms with Gasteiger partial charge >= 0.3 is 18.2 Å². The SMILES string of the molecule is NC(=O)NC(=O)NC(=O)F. The maximum Gasteiger partial charge on any atom is 0.405 e. The van der Waals surface area contributed by atoms with E-state index in [2.05, 4.69) is 5.73 Å². The molecule has 0 aliphatic rings. The Hall–Kier alpha value is -1.66. The Morgan fingerprint density at radius 3 is 2.00 bits per heavy atom. The number of hydrogen-bond donors (Lipinski definition) is 3. The first-order valence-corrected chi connectivity index (χ1v) is 2.09. The summed E-state index contributed by atoms with van der Waals surface area (Å²) in [4.78, 5) is 29.3. The van der Waals surface area contributed by atoms with E-state index in [0.29, 0.717) is 0 Å². The van der Waals surface area contributed by atoms with E-state index in [1.165, 1.54) is 5.32 Å². The molecule has 0 aliphatic carbocycles. The molecule has 0 bridgehead atoms. The smallest absolute Gasteiger partial charge is 0.351 e. The Balaban J connectivity index is 3.65. The Kier molecular flexibility index (Phi) is 2.82. The molecule has 0 rings (SSSR count). The summed E-state index contributed by atoms with van der Waals surface area (Å²) in [6.07, 6.45) is -2.06. The van der Waals surface area contributed by atoms with E-state index in [-0.39, 0.29) is 0 Å². The van der Waals surface area contributed by atoms with E-state index < -0.39 is 18.2 Å². The molecule has 6 nitrogen and oxygen atoms in total. The summed E-state index contributed by atoms with van der Waals surface area (Å²) >= 11 is 0. The zero-order valence-electron chi connectivity index (χ0n) is 4.68. The van der Waals surface area contributed by atoms with E-state index in [9.17, 15) is 18.8 Å². The standard InChI is InChI=1S/C3H4FN3O3/c4-1(8)6-3(10)7-2(5)9/h(H4,5,6,7,8,9,10). The van der Waals surface area contributed by atoms with Gasteiger partial charge in [0.25, 0.3) is 0 Å². The highest BCUT2D eigenvalue weighted by Gasteiger charge is 2.06. The maximum absolute atomic E-state index is 11.2. The number of nitrogens with two attached hydrogens (primary N) is 1. The van der Waals surface area contributed by atoms with Crippen molar-refractivity contribution in [1.29, 1.82) is 0 Å². The summed E-state index contributed by atoms with van der Waals surface area (Å²) < 4.78 is 11.2. The number of hydrogen-bond acceptors (Lipinski definition) is 3. The van der Waals surface area contributed by atoms with Gasteiger partial charge in [0, 0.05) is 0 Å². The summed E-state index contributed by atoms with van der Waals surface area (Å²) in [7, 11) is 0. The predicted molar refractivity (Wildman–Crippen MR) is 27.8 cm³/mol. The Morgan fingerprint density at radius 2 is 1.70 bits per heavy atom. The number of halogens is 1. The minimum absolute atomic E-state index is 1.12. The van der Waals surface area contributed by atoms with E-state index in [4.69, 9.17) is 0 Å². The first kappa shape index (κ1) is 8.34. The largest absolute Gasteiger partial charge is 0.405 e. The molecule has 0 heterocycles. The van der Waals surface area contributed by atoms with Gasteiger partial charge in [-0.25, -0.2) is 19.7 Å². The topological polar surface area (TPSA) is 101 Å². The average molecular weight is 149 g/mol. The highest BCUT2D eigenvalue weighted by molar-refractivity contribution is 5.99. The fraction of sp³-hybridized carbons (Fsp3) is 0. The van der Waals surface area contributed by atoms with E-state index in [0.717, 1.165) is 5.32 Å². The molecule has 0 aliphatic heterocycles. The molecule has 0 atom stereocenters. The number of amides is 5. The summed E-state index contributed by atoms with van der Waals surface area (Å²) in [5.74, 6) is 0. The number of carbonyl (C=O) groups is 3. The molecule has 0 fully saturated rings. The molecule has 0 aromatic carbocycles.